The van der Waals surface area contributed by atoms with Gasteiger partial charge in [-0.2, -0.15) is 0 Å². The molecule has 4 rings (SSSR count). The number of ether oxygens (including phenoxy) is 3. The topological polar surface area (TPSA) is 54.4 Å². The van der Waals surface area contributed by atoms with E-state index in [1.54, 1.807) is 0 Å². The minimum absolute atomic E-state index is 0.289. The lowest BCUT2D eigenvalue weighted by Gasteiger charge is -2.39. The number of nitrogens with zero attached hydrogens (tertiary/aromatic N) is 2. The molecule has 6 heteroatoms. The van der Waals surface area contributed by atoms with Gasteiger partial charge in [0.1, 0.15) is 0 Å². The van der Waals surface area contributed by atoms with Gasteiger partial charge in [-0.05, 0) is 48.3 Å². The molecule has 2 heterocycles. The van der Waals surface area contributed by atoms with Gasteiger partial charge in [0.05, 0.1) is 18.8 Å². The van der Waals surface area contributed by atoms with Gasteiger partial charge in [-0.25, -0.2) is 0 Å². The van der Waals surface area contributed by atoms with Gasteiger partial charge in [-0.15, -0.1) is 0 Å². The maximum absolute atomic E-state index is 10.5. The van der Waals surface area contributed by atoms with Crippen molar-refractivity contribution in [1.82, 2.24) is 9.80 Å². The van der Waals surface area contributed by atoms with Crippen LogP contribution in [0.15, 0.2) is 18.2 Å². The molecule has 168 valence electrons. The zero-order valence-corrected chi connectivity index (χ0v) is 18.8. The minimum Gasteiger partial charge on any atom is -0.454 e. The van der Waals surface area contributed by atoms with Crippen molar-refractivity contribution in [2.45, 2.75) is 58.8 Å². The molecule has 3 atom stereocenters. The quantitative estimate of drug-likeness (QED) is 0.734. The van der Waals surface area contributed by atoms with Gasteiger partial charge in [0, 0.05) is 39.3 Å². The Kier molecular flexibility index (Phi) is 6.88. The van der Waals surface area contributed by atoms with Crippen molar-refractivity contribution in [3.63, 3.8) is 0 Å². The van der Waals surface area contributed by atoms with Crippen LogP contribution >= 0.6 is 0 Å². The summed E-state index contributed by atoms with van der Waals surface area (Å²) in [6.45, 7) is 13.4. The fourth-order valence-electron chi connectivity index (χ4n) is 5.41. The SMILES string of the molecule is C[C@H]1C[C@H](OC[C@H](O)CN2CCN(Cc3ccc4c(c3)OCO4)CC2)CC(C)(C)C1. The third-order valence-corrected chi connectivity index (χ3v) is 6.65. The maximum atomic E-state index is 10.5. The number of benzene rings is 1. The summed E-state index contributed by atoms with van der Waals surface area (Å²) in [5.74, 6) is 2.39. The van der Waals surface area contributed by atoms with Crippen molar-refractivity contribution in [2.75, 3.05) is 46.1 Å². The van der Waals surface area contributed by atoms with E-state index in [0.29, 0.717) is 31.3 Å². The first-order chi connectivity index (χ1) is 14.4. The molecule has 3 aliphatic rings. The van der Waals surface area contributed by atoms with Gasteiger partial charge in [0.15, 0.2) is 11.5 Å². The van der Waals surface area contributed by atoms with E-state index < -0.39 is 6.10 Å². The Morgan fingerprint density at radius 2 is 1.83 bits per heavy atom. The molecular weight excluding hydrogens is 380 g/mol. The molecule has 0 radical (unpaired) electrons. The molecule has 0 unspecified atom stereocenters. The first-order valence-corrected chi connectivity index (χ1v) is 11.5. The Balaban J connectivity index is 1.16. The van der Waals surface area contributed by atoms with E-state index in [1.807, 2.05) is 6.07 Å². The van der Waals surface area contributed by atoms with Crippen LogP contribution in [0, 0.1) is 11.3 Å². The maximum Gasteiger partial charge on any atom is 0.231 e. The predicted octanol–water partition coefficient (Wildman–Crippen LogP) is 3.13. The van der Waals surface area contributed by atoms with Crippen LogP contribution < -0.4 is 9.47 Å². The van der Waals surface area contributed by atoms with E-state index in [4.69, 9.17) is 14.2 Å². The molecule has 1 N–H and O–H groups in total. The summed E-state index contributed by atoms with van der Waals surface area (Å²) in [4.78, 5) is 4.82. The van der Waals surface area contributed by atoms with Gasteiger partial charge < -0.3 is 19.3 Å². The number of aliphatic hydroxyl groups is 1. The summed E-state index contributed by atoms with van der Waals surface area (Å²) in [5.41, 5.74) is 1.60. The Morgan fingerprint density at radius 1 is 1.10 bits per heavy atom. The first-order valence-electron chi connectivity index (χ1n) is 11.5. The average Bonchev–Trinajstić information content (AvgIpc) is 3.14. The number of fused-ring (bicyclic) bond motifs is 1. The summed E-state index contributed by atoms with van der Waals surface area (Å²) >= 11 is 0. The molecule has 2 aliphatic heterocycles. The number of β-amino-alcohol motifs (C(OH)–C–C–N with tert-alkyl or cyclic N) is 1. The fraction of sp³-hybridized carbons (Fsp3) is 0.750. The van der Waals surface area contributed by atoms with E-state index in [1.165, 1.54) is 12.0 Å². The molecule has 1 saturated heterocycles. The van der Waals surface area contributed by atoms with Gasteiger partial charge in [-0.3, -0.25) is 9.80 Å². The van der Waals surface area contributed by atoms with Gasteiger partial charge in [0.2, 0.25) is 6.79 Å². The second-order valence-corrected chi connectivity index (χ2v) is 10.3. The van der Waals surface area contributed by atoms with E-state index in [9.17, 15) is 5.11 Å². The van der Waals surface area contributed by atoms with E-state index in [0.717, 1.165) is 57.1 Å². The summed E-state index contributed by atoms with van der Waals surface area (Å²) in [7, 11) is 0. The lowest BCUT2D eigenvalue weighted by molar-refractivity contribution is -0.0634. The number of hydrogen-bond acceptors (Lipinski definition) is 6. The van der Waals surface area contributed by atoms with Gasteiger partial charge in [-0.1, -0.05) is 26.8 Å². The van der Waals surface area contributed by atoms with Crippen LogP contribution in [0.2, 0.25) is 0 Å². The zero-order valence-electron chi connectivity index (χ0n) is 18.8. The van der Waals surface area contributed by atoms with E-state index >= 15 is 0 Å². The molecule has 1 saturated carbocycles. The van der Waals surface area contributed by atoms with Crippen LogP contribution in [0.5, 0.6) is 11.5 Å². The molecule has 0 aromatic heterocycles. The van der Waals surface area contributed by atoms with Crippen molar-refractivity contribution < 1.29 is 19.3 Å². The highest BCUT2D eigenvalue weighted by atomic mass is 16.7. The molecule has 2 fully saturated rings. The first kappa shape index (κ1) is 21.9. The second-order valence-electron chi connectivity index (χ2n) is 10.3. The summed E-state index contributed by atoms with van der Waals surface area (Å²) < 4.78 is 17.0. The third-order valence-electron chi connectivity index (χ3n) is 6.65. The van der Waals surface area contributed by atoms with Crippen LogP contribution in [0.25, 0.3) is 0 Å². The Morgan fingerprint density at radius 3 is 2.60 bits per heavy atom. The lowest BCUT2D eigenvalue weighted by atomic mass is 9.71. The van der Waals surface area contributed by atoms with Crippen molar-refractivity contribution >= 4 is 0 Å². The normalized spacial score (nSPS) is 27.9. The van der Waals surface area contributed by atoms with Crippen LogP contribution in [-0.2, 0) is 11.3 Å². The van der Waals surface area contributed by atoms with Gasteiger partial charge in [0.25, 0.3) is 0 Å². The highest BCUT2D eigenvalue weighted by Crippen LogP contribution is 2.39. The number of aliphatic hydroxyl groups excluding tert-OH is 1. The molecule has 0 bridgehead atoms. The largest absolute Gasteiger partial charge is 0.454 e. The molecule has 0 spiro atoms. The Hall–Kier alpha value is -1.34. The Labute approximate surface area is 181 Å². The molecule has 6 nitrogen and oxygen atoms in total. The molecular formula is C24H38N2O4. The predicted molar refractivity (Wildman–Crippen MR) is 117 cm³/mol. The minimum atomic E-state index is -0.411. The van der Waals surface area contributed by atoms with Gasteiger partial charge >= 0.3 is 0 Å². The van der Waals surface area contributed by atoms with Crippen LogP contribution in [-0.4, -0.2) is 73.2 Å². The highest BCUT2D eigenvalue weighted by molar-refractivity contribution is 5.44. The van der Waals surface area contributed by atoms with Crippen LogP contribution in [0.3, 0.4) is 0 Å². The second kappa shape index (κ2) is 9.43. The smallest absolute Gasteiger partial charge is 0.231 e. The molecule has 1 aromatic rings. The number of piperazine rings is 1. The van der Waals surface area contributed by atoms with E-state index in [2.05, 4.69) is 42.7 Å². The standard InChI is InChI=1S/C24H38N2O4/c1-18-10-21(13-24(2,3)12-18)28-16-20(27)15-26-8-6-25(7-9-26)14-19-4-5-22-23(11-19)30-17-29-22/h4-5,11,18,20-21,27H,6-10,12-17H2,1-3H3/t18-,20+,21-/m0/s1. The third kappa shape index (κ3) is 5.88. The molecule has 30 heavy (non-hydrogen) atoms. The zero-order chi connectivity index (χ0) is 21.1. The summed E-state index contributed by atoms with van der Waals surface area (Å²) in [6, 6.07) is 6.20. The van der Waals surface area contributed by atoms with Crippen molar-refractivity contribution in [2.24, 2.45) is 11.3 Å². The average molecular weight is 419 g/mol. The lowest BCUT2D eigenvalue weighted by Crippen LogP contribution is -2.48. The molecule has 1 aliphatic carbocycles. The monoisotopic (exact) mass is 418 g/mol. The van der Waals surface area contributed by atoms with Crippen molar-refractivity contribution in [3.8, 4) is 11.5 Å². The molecule has 0 amide bonds. The van der Waals surface area contributed by atoms with Crippen molar-refractivity contribution in [1.29, 1.82) is 0 Å². The molecule has 1 aromatic carbocycles. The van der Waals surface area contributed by atoms with Crippen molar-refractivity contribution in [3.05, 3.63) is 23.8 Å². The summed E-state index contributed by atoms with van der Waals surface area (Å²) in [6.07, 6.45) is 3.37. The Bertz CT molecular complexity index is 702. The van der Waals surface area contributed by atoms with E-state index in [-0.39, 0.29) is 6.10 Å². The van der Waals surface area contributed by atoms with Crippen LogP contribution in [0.4, 0.5) is 0 Å². The van der Waals surface area contributed by atoms with Crippen LogP contribution in [0.1, 0.15) is 45.6 Å². The number of hydrogen-bond donors (Lipinski definition) is 1. The highest BCUT2D eigenvalue weighted by Gasteiger charge is 2.33. The fourth-order valence-corrected chi connectivity index (χ4v) is 5.41. The summed E-state index contributed by atoms with van der Waals surface area (Å²) in [5, 5.41) is 10.5. The number of rotatable bonds is 7.